The van der Waals surface area contributed by atoms with E-state index < -0.39 is 21.0 Å². The highest BCUT2D eigenvalue weighted by atomic mass is 35.5. The van der Waals surface area contributed by atoms with Gasteiger partial charge in [-0.25, -0.2) is 13.4 Å². The first-order valence-electron chi connectivity index (χ1n) is 7.88. The average Bonchev–Trinajstić information content (AvgIpc) is 3.06. The summed E-state index contributed by atoms with van der Waals surface area (Å²) in [5, 5.41) is 14.1. The van der Waals surface area contributed by atoms with E-state index in [1.165, 1.54) is 17.5 Å². The quantitative estimate of drug-likeness (QED) is 0.571. The summed E-state index contributed by atoms with van der Waals surface area (Å²) in [4.78, 5) is 14.5. The van der Waals surface area contributed by atoms with E-state index in [9.17, 15) is 18.5 Å². The van der Waals surface area contributed by atoms with Crippen LogP contribution in [0.15, 0.2) is 35.5 Å². The Morgan fingerprint density at radius 1 is 1.41 bits per heavy atom. The zero-order valence-electron chi connectivity index (χ0n) is 14.7. The minimum Gasteiger partial charge on any atom is -0.495 e. The largest absolute Gasteiger partial charge is 0.495 e. The van der Waals surface area contributed by atoms with Gasteiger partial charge in [-0.15, -0.1) is 12.4 Å². The number of hydrogen-bond acceptors (Lipinski definition) is 7. The molecule has 2 aromatic rings. The van der Waals surface area contributed by atoms with Crippen molar-refractivity contribution in [3.05, 3.63) is 46.5 Å². The van der Waals surface area contributed by atoms with Gasteiger partial charge in [0.15, 0.2) is 0 Å². The maximum atomic E-state index is 13.3. The molecule has 1 saturated heterocycles. The van der Waals surface area contributed by atoms with Crippen LogP contribution in [0.25, 0.3) is 0 Å². The van der Waals surface area contributed by atoms with Crippen molar-refractivity contribution >= 4 is 28.1 Å². The highest BCUT2D eigenvalue weighted by molar-refractivity contribution is 7.89. The molecule has 3 rings (SSSR count). The zero-order valence-corrected chi connectivity index (χ0v) is 16.4. The molecular weight excluding hydrogens is 398 g/mol. The Bertz CT molecular complexity index is 932. The number of nitro benzene ring substituents is 1. The molecule has 0 aliphatic carbocycles. The van der Waals surface area contributed by atoms with Gasteiger partial charge in [0, 0.05) is 45.1 Å². The molecule has 10 nitrogen and oxygen atoms in total. The number of nitro groups is 1. The molecule has 1 atom stereocenters. The van der Waals surface area contributed by atoms with Gasteiger partial charge in [-0.05, 0) is 6.07 Å². The number of hydrogen-bond donors (Lipinski definition) is 1. The predicted octanol–water partition coefficient (Wildman–Crippen LogP) is 1.09. The number of piperazine rings is 1. The Balaban J connectivity index is 0.00000261. The van der Waals surface area contributed by atoms with Crippen LogP contribution in [0.2, 0.25) is 0 Å². The van der Waals surface area contributed by atoms with Crippen molar-refractivity contribution in [3.63, 3.8) is 0 Å². The van der Waals surface area contributed by atoms with Crippen LogP contribution in [-0.4, -0.2) is 53.9 Å². The van der Waals surface area contributed by atoms with Crippen LogP contribution in [0.5, 0.6) is 5.75 Å². The lowest BCUT2D eigenvalue weighted by Gasteiger charge is -2.34. The van der Waals surface area contributed by atoms with Crippen molar-refractivity contribution < 1.29 is 18.1 Å². The third kappa shape index (κ3) is 3.90. The van der Waals surface area contributed by atoms with E-state index in [-0.39, 0.29) is 35.3 Å². The third-order valence-corrected chi connectivity index (χ3v) is 6.24. The molecule has 2 heterocycles. The second-order valence-electron chi connectivity index (χ2n) is 5.82. The Morgan fingerprint density at radius 2 is 2.15 bits per heavy atom. The minimum atomic E-state index is -3.95. The predicted molar refractivity (Wildman–Crippen MR) is 99.6 cm³/mol. The van der Waals surface area contributed by atoms with E-state index in [4.69, 9.17) is 4.74 Å². The second-order valence-corrected chi connectivity index (χ2v) is 7.68. The number of nitrogens with one attached hydrogen (secondary N) is 1. The fourth-order valence-corrected chi connectivity index (χ4v) is 4.73. The fraction of sp³-hybridized carbons (Fsp3) is 0.400. The number of halogens is 1. The standard InChI is InChI=1S/C15H19N5O5S.ClH/c1-18-7-6-17-15(18)12-10-16-5-8-19(12)26(23,24)14-4-3-11(20(21)22)9-13(14)25-2;/h3-4,6-7,9,12,16H,5,8,10H2,1-2H3;1H. The number of rotatable bonds is 5. The monoisotopic (exact) mass is 417 g/mol. The summed E-state index contributed by atoms with van der Waals surface area (Å²) in [6, 6.07) is 3.00. The van der Waals surface area contributed by atoms with Gasteiger partial charge in [-0.2, -0.15) is 4.31 Å². The number of imidazole rings is 1. The van der Waals surface area contributed by atoms with Gasteiger partial charge >= 0.3 is 0 Å². The summed E-state index contributed by atoms with van der Waals surface area (Å²) < 4.78 is 34.8. The van der Waals surface area contributed by atoms with E-state index in [1.807, 2.05) is 0 Å². The van der Waals surface area contributed by atoms with Crippen molar-refractivity contribution in [1.29, 1.82) is 0 Å². The lowest BCUT2D eigenvalue weighted by molar-refractivity contribution is -0.385. The molecule has 0 saturated carbocycles. The summed E-state index contributed by atoms with van der Waals surface area (Å²) in [6.45, 7) is 1.16. The molecule has 27 heavy (non-hydrogen) atoms. The van der Waals surface area contributed by atoms with Crippen LogP contribution in [0.4, 0.5) is 5.69 Å². The molecule has 1 N–H and O–H groups in total. The van der Waals surface area contributed by atoms with Gasteiger partial charge in [0.05, 0.1) is 24.1 Å². The molecule has 12 heteroatoms. The molecule has 1 fully saturated rings. The summed E-state index contributed by atoms with van der Waals surface area (Å²) in [6.07, 6.45) is 3.36. The summed E-state index contributed by atoms with van der Waals surface area (Å²) >= 11 is 0. The van der Waals surface area contributed by atoms with Crippen molar-refractivity contribution in [2.75, 3.05) is 26.7 Å². The van der Waals surface area contributed by atoms with Crippen molar-refractivity contribution in [2.24, 2.45) is 7.05 Å². The van der Waals surface area contributed by atoms with Crippen LogP contribution in [0, 0.1) is 10.1 Å². The number of methoxy groups -OCH3 is 1. The van der Waals surface area contributed by atoms with Gasteiger partial charge in [-0.1, -0.05) is 0 Å². The van der Waals surface area contributed by atoms with Gasteiger partial charge in [-0.3, -0.25) is 10.1 Å². The number of aromatic nitrogens is 2. The minimum absolute atomic E-state index is 0. The number of non-ortho nitro benzene ring substituents is 1. The number of nitrogens with zero attached hydrogens (tertiary/aromatic N) is 4. The smallest absolute Gasteiger partial charge is 0.273 e. The Hall–Kier alpha value is -2.21. The molecule has 0 amide bonds. The summed E-state index contributed by atoms with van der Waals surface area (Å²) in [5.74, 6) is 0.554. The first kappa shape index (κ1) is 21.1. The molecule has 1 aromatic heterocycles. The summed E-state index contributed by atoms with van der Waals surface area (Å²) in [5.41, 5.74) is -0.234. The average molecular weight is 418 g/mol. The maximum Gasteiger partial charge on any atom is 0.273 e. The SMILES string of the molecule is COc1cc([N+](=O)[O-])ccc1S(=O)(=O)N1CCNCC1c1nccn1C.Cl. The zero-order chi connectivity index (χ0) is 18.9. The Morgan fingerprint density at radius 3 is 2.74 bits per heavy atom. The number of aryl methyl sites for hydroxylation is 1. The van der Waals surface area contributed by atoms with Gasteiger partial charge in [0.1, 0.15) is 16.5 Å². The molecule has 1 unspecified atom stereocenters. The molecule has 0 radical (unpaired) electrons. The van der Waals surface area contributed by atoms with Crippen LogP contribution in [-0.2, 0) is 17.1 Å². The van der Waals surface area contributed by atoms with E-state index >= 15 is 0 Å². The molecule has 0 spiro atoms. The topological polar surface area (TPSA) is 120 Å². The van der Waals surface area contributed by atoms with E-state index in [0.29, 0.717) is 18.9 Å². The van der Waals surface area contributed by atoms with Crippen LogP contribution < -0.4 is 10.1 Å². The van der Waals surface area contributed by atoms with Crippen molar-refractivity contribution in [2.45, 2.75) is 10.9 Å². The summed E-state index contributed by atoms with van der Waals surface area (Å²) in [7, 11) is -0.863. The van der Waals surface area contributed by atoms with E-state index in [1.54, 1.807) is 24.0 Å². The molecule has 148 valence electrons. The first-order valence-corrected chi connectivity index (χ1v) is 9.32. The highest BCUT2D eigenvalue weighted by Crippen LogP contribution is 2.34. The second kappa shape index (κ2) is 8.21. The van der Waals surface area contributed by atoms with Crippen LogP contribution in [0.3, 0.4) is 0 Å². The van der Waals surface area contributed by atoms with Crippen molar-refractivity contribution in [1.82, 2.24) is 19.2 Å². The lowest BCUT2D eigenvalue weighted by atomic mass is 10.2. The number of benzene rings is 1. The molecule has 1 aliphatic heterocycles. The molecular formula is C15H20ClN5O5S. The lowest BCUT2D eigenvalue weighted by Crippen LogP contribution is -2.49. The van der Waals surface area contributed by atoms with E-state index in [0.717, 1.165) is 12.1 Å². The van der Waals surface area contributed by atoms with Gasteiger partial charge in [0.25, 0.3) is 5.69 Å². The van der Waals surface area contributed by atoms with Crippen LogP contribution >= 0.6 is 12.4 Å². The van der Waals surface area contributed by atoms with Crippen LogP contribution in [0.1, 0.15) is 11.9 Å². The number of ether oxygens (including phenoxy) is 1. The fourth-order valence-electron chi connectivity index (χ4n) is 3.00. The first-order chi connectivity index (χ1) is 12.4. The number of sulfonamides is 1. The maximum absolute atomic E-state index is 13.3. The van der Waals surface area contributed by atoms with Gasteiger partial charge in [0.2, 0.25) is 10.0 Å². The third-order valence-electron chi connectivity index (χ3n) is 4.30. The highest BCUT2D eigenvalue weighted by Gasteiger charge is 2.38. The molecule has 1 aliphatic rings. The normalized spacial score (nSPS) is 17.9. The molecule has 1 aromatic carbocycles. The molecule has 0 bridgehead atoms. The van der Waals surface area contributed by atoms with E-state index in [2.05, 4.69) is 10.3 Å². The Labute approximate surface area is 162 Å². The van der Waals surface area contributed by atoms with Crippen molar-refractivity contribution in [3.8, 4) is 5.75 Å². The van der Waals surface area contributed by atoms with Gasteiger partial charge < -0.3 is 14.6 Å². The Kier molecular flexibility index (Phi) is 6.42.